The van der Waals surface area contributed by atoms with Gasteiger partial charge in [-0.3, -0.25) is 0 Å². The van der Waals surface area contributed by atoms with Crippen LogP contribution < -0.4 is 10.6 Å². The van der Waals surface area contributed by atoms with Gasteiger partial charge in [-0.15, -0.1) is 0 Å². The Morgan fingerprint density at radius 3 is 2.50 bits per heavy atom. The summed E-state index contributed by atoms with van der Waals surface area (Å²) in [5, 5.41) is 13.2. The average Bonchev–Trinajstić information content (AvgIpc) is 3.02. The number of alkyl halides is 1. The minimum atomic E-state index is -4.56. The highest BCUT2D eigenvalue weighted by atomic mass is 35.5. The van der Waals surface area contributed by atoms with Crippen LogP contribution in [0.25, 0.3) is 0 Å². The van der Waals surface area contributed by atoms with Gasteiger partial charge >= 0.3 is 6.03 Å². The van der Waals surface area contributed by atoms with Crippen molar-refractivity contribution in [3.63, 3.8) is 0 Å². The third kappa shape index (κ3) is 3.95. The molecule has 10 heteroatoms. The van der Waals surface area contributed by atoms with Gasteiger partial charge in [0.25, 0.3) is 0 Å². The van der Waals surface area contributed by atoms with Gasteiger partial charge in [0.15, 0.2) is 5.75 Å². The van der Waals surface area contributed by atoms with Crippen LogP contribution >= 0.6 is 23.2 Å². The Balaban J connectivity index is 1.88. The molecule has 1 aromatic carbocycles. The minimum Gasteiger partial charge on any atom is -0.504 e. The number of aromatic hydroxyl groups is 1. The van der Waals surface area contributed by atoms with Crippen molar-refractivity contribution < 1.29 is 22.7 Å². The number of hydrogen-bond donors (Lipinski definition) is 3. The normalized spacial score (nSPS) is 21.8. The smallest absolute Gasteiger partial charge is 0.319 e. The molecule has 2 amide bonds. The Hall–Kier alpha value is -1.51. The van der Waals surface area contributed by atoms with Crippen molar-refractivity contribution >= 4 is 44.8 Å². The molecule has 0 heterocycles. The van der Waals surface area contributed by atoms with Crippen LogP contribution in [0.5, 0.6) is 5.75 Å². The van der Waals surface area contributed by atoms with E-state index in [2.05, 4.69) is 10.6 Å². The van der Waals surface area contributed by atoms with Gasteiger partial charge in [0, 0.05) is 5.03 Å². The van der Waals surface area contributed by atoms with Gasteiger partial charge in [-0.2, -0.15) is 0 Å². The molecule has 28 heavy (non-hydrogen) atoms. The molecule has 0 unspecified atom stereocenters. The van der Waals surface area contributed by atoms with Crippen molar-refractivity contribution in [2.45, 2.75) is 60.9 Å². The molecular weight excluding hydrogens is 430 g/mol. The number of amides is 2. The van der Waals surface area contributed by atoms with Crippen molar-refractivity contribution in [3.8, 4) is 5.75 Å². The average molecular weight is 451 g/mol. The Morgan fingerprint density at radius 1 is 1.21 bits per heavy atom. The van der Waals surface area contributed by atoms with Crippen LogP contribution in [0.4, 0.5) is 14.9 Å². The van der Waals surface area contributed by atoms with Gasteiger partial charge in [0.2, 0.25) is 14.8 Å². The summed E-state index contributed by atoms with van der Waals surface area (Å²) in [5.41, 5.74) is -0.182. The minimum absolute atomic E-state index is 0.157. The fraction of sp³-hybridized carbons (Fsp3) is 0.500. The number of hydrogen-bond acceptors (Lipinski definition) is 4. The first-order valence-electron chi connectivity index (χ1n) is 9.04. The van der Waals surface area contributed by atoms with Crippen LogP contribution in [-0.2, 0) is 9.84 Å². The number of anilines is 1. The first-order valence-corrected chi connectivity index (χ1v) is 11.3. The molecule has 1 saturated carbocycles. The van der Waals surface area contributed by atoms with Crippen molar-refractivity contribution in [1.82, 2.24) is 5.32 Å². The van der Waals surface area contributed by atoms with Crippen LogP contribution in [0.15, 0.2) is 28.1 Å². The number of nitrogens with one attached hydrogen (secondary N) is 2. The largest absolute Gasteiger partial charge is 0.504 e. The van der Waals surface area contributed by atoms with Crippen molar-refractivity contribution in [2.24, 2.45) is 0 Å². The fourth-order valence-corrected chi connectivity index (χ4v) is 6.17. The van der Waals surface area contributed by atoms with Crippen molar-refractivity contribution in [3.05, 3.63) is 28.3 Å². The van der Waals surface area contributed by atoms with Crippen LogP contribution in [0.3, 0.4) is 0 Å². The summed E-state index contributed by atoms with van der Waals surface area (Å²) in [6.07, 6.45) is 4.47. The zero-order chi connectivity index (χ0) is 20.5. The Bertz CT molecular complexity index is 914. The van der Waals surface area contributed by atoms with Crippen molar-refractivity contribution in [1.29, 1.82) is 0 Å². The number of benzene rings is 1. The highest BCUT2D eigenvalue weighted by Gasteiger charge is 2.48. The monoisotopic (exact) mass is 450 g/mol. The molecule has 1 aromatic rings. The number of rotatable bonds is 4. The maximum absolute atomic E-state index is 15.2. The fourth-order valence-electron chi connectivity index (χ4n) is 3.56. The topological polar surface area (TPSA) is 95.5 Å². The molecule has 0 aromatic heterocycles. The lowest BCUT2D eigenvalue weighted by atomic mass is 9.98. The molecule has 154 valence electrons. The molecule has 0 spiro atoms. The molecule has 3 N–H and O–H groups in total. The van der Waals surface area contributed by atoms with Crippen LogP contribution in [0.2, 0.25) is 5.02 Å². The first-order chi connectivity index (χ1) is 13.2. The van der Waals surface area contributed by atoms with E-state index in [4.69, 9.17) is 23.2 Å². The first kappa shape index (κ1) is 21.2. The third-order valence-corrected chi connectivity index (χ3v) is 8.28. The number of carbonyl (C=O) groups is 1. The zero-order valence-electron chi connectivity index (χ0n) is 15.0. The SMILES string of the molecule is O=C(Nc1ccc(Cl)c(S(=O)(=O)C2(F)CCCCC2)c1O)N[C@H]1CCC=C1Cl. The summed E-state index contributed by atoms with van der Waals surface area (Å²) in [5.74, 6) is -0.779. The van der Waals surface area contributed by atoms with E-state index in [1.807, 2.05) is 0 Å². The van der Waals surface area contributed by atoms with E-state index in [1.165, 1.54) is 12.1 Å². The summed E-state index contributed by atoms with van der Waals surface area (Å²) < 4.78 is 41.1. The van der Waals surface area contributed by atoms with E-state index in [-0.39, 0.29) is 29.6 Å². The summed E-state index contributed by atoms with van der Waals surface area (Å²) in [6.45, 7) is 0. The quantitative estimate of drug-likeness (QED) is 0.570. The number of allylic oxidation sites excluding steroid dienone is 1. The van der Waals surface area contributed by atoms with E-state index < -0.39 is 31.5 Å². The maximum atomic E-state index is 15.2. The lowest BCUT2D eigenvalue weighted by Gasteiger charge is -2.29. The maximum Gasteiger partial charge on any atom is 0.319 e. The van der Waals surface area contributed by atoms with E-state index in [9.17, 15) is 18.3 Å². The molecule has 1 atom stereocenters. The Kier molecular flexibility index (Phi) is 6.12. The van der Waals surface area contributed by atoms with Crippen LogP contribution in [-0.4, -0.2) is 30.6 Å². The molecule has 6 nitrogen and oxygen atoms in total. The number of phenols is 1. The van der Waals surface area contributed by atoms with Gasteiger partial charge < -0.3 is 15.7 Å². The number of carbonyl (C=O) groups excluding carboxylic acids is 1. The predicted octanol–water partition coefficient (Wildman–Crippen LogP) is 4.86. The van der Waals surface area contributed by atoms with E-state index in [0.29, 0.717) is 24.3 Å². The number of phenolic OH excluding ortho intramolecular Hbond substituents is 1. The van der Waals surface area contributed by atoms with Gasteiger partial charge in [0.05, 0.1) is 16.8 Å². The standard InChI is InChI=1S/C18H21Cl2FN2O4S/c19-11-5-4-6-13(11)22-17(25)23-14-8-7-12(20)16(15(14)24)28(26,27)18(21)9-2-1-3-10-18/h5,7-8,13,24H,1-4,6,9-10H2,(H2,22,23,25)/t13-/m0/s1. The molecule has 0 radical (unpaired) electrons. The third-order valence-electron chi connectivity index (χ3n) is 5.12. The molecule has 0 aliphatic heterocycles. The van der Waals surface area contributed by atoms with Crippen LogP contribution in [0, 0.1) is 0 Å². The van der Waals surface area contributed by atoms with Gasteiger partial charge in [-0.1, -0.05) is 35.7 Å². The molecule has 2 aliphatic carbocycles. The zero-order valence-corrected chi connectivity index (χ0v) is 17.3. The molecule has 3 rings (SSSR count). The Morgan fingerprint density at radius 2 is 1.89 bits per heavy atom. The number of urea groups is 1. The van der Waals surface area contributed by atoms with Gasteiger partial charge in [0.1, 0.15) is 4.90 Å². The highest BCUT2D eigenvalue weighted by Crippen LogP contribution is 2.46. The lowest BCUT2D eigenvalue weighted by Crippen LogP contribution is -2.37. The van der Waals surface area contributed by atoms with Gasteiger partial charge in [-0.05, 0) is 50.7 Å². The molecular formula is C18H21Cl2FN2O4S. The van der Waals surface area contributed by atoms with E-state index in [1.54, 1.807) is 6.08 Å². The second kappa shape index (κ2) is 8.08. The van der Waals surface area contributed by atoms with E-state index >= 15 is 4.39 Å². The number of sulfone groups is 1. The second-order valence-electron chi connectivity index (χ2n) is 7.04. The predicted molar refractivity (Wildman–Crippen MR) is 106 cm³/mol. The second-order valence-corrected chi connectivity index (χ2v) is 10.0. The van der Waals surface area contributed by atoms with Crippen LogP contribution in [0.1, 0.15) is 44.9 Å². The molecule has 0 saturated heterocycles. The highest BCUT2D eigenvalue weighted by molar-refractivity contribution is 7.92. The molecule has 2 aliphatic rings. The molecule has 0 bridgehead atoms. The summed E-state index contributed by atoms with van der Waals surface area (Å²) >= 11 is 12.0. The molecule has 1 fully saturated rings. The van der Waals surface area contributed by atoms with Crippen molar-refractivity contribution in [2.75, 3.05) is 5.32 Å². The Labute approximate surface area is 173 Å². The number of halogens is 3. The van der Waals surface area contributed by atoms with Gasteiger partial charge in [-0.25, -0.2) is 17.6 Å². The summed E-state index contributed by atoms with van der Waals surface area (Å²) in [6, 6.07) is 1.44. The van der Waals surface area contributed by atoms with E-state index in [0.717, 1.165) is 12.8 Å². The summed E-state index contributed by atoms with van der Waals surface area (Å²) in [7, 11) is -4.56. The summed E-state index contributed by atoms with van der Waals surface area (Å²) in [4.78, 5) is 11.5. The lowest BCUT2D eigenvalue weighted by molar-refractivity contribution is 0.196.